The zero-order valence-corrected chi connectivity index (χ0v) is 12.8. The van der Waals surface area contributed by atoms with Crippen LogP contribution >= 0.6 is 11.3 Å². The van der Waals surface area contributed by atoms with Gasteiger partial charge >= 0.3 is 0 Å². The van der Waals surface area contributed by atoms with Gasteiger partial charge in [-0.25, -0.2) is 4.39 Å². The number of carbonyl (C=O) groups excluding carboxylic acids is 1. The van der Waals surface area contributed by atoms with E-state index < -0.39 is 5.82 Å². The molecule has 0 bridgehead atoms. The predicted octanol–water partition coefficient (Wildman–Crippen LogP) is 4.42. The van der Waals surface area contributed by atoms with Crippen LogP contribution in [0.4, 0.5) is 4.39 Å². The van der Waals surface area contributed by atoms with Gasteiger partial charge in [0.25, 0.3) is 0 Å². The smallest absolute Gasteiger partial charge is 0.203 e. The summed E-state index contributed by atoms with van der Waals surface area (Å²) in [5.74, 6) is -0.541. The fourth-order valence-corrected chi connectivity index (χ4v) is 2.84. The van der Waals surface area contributed by atoms with Crippen molar-refractivity contribution in [3.8, 4) is 5.75 Å². The van der Waals surface area contributed by atoms with Crippen LogP contribution in [0.3, 0.4) is 0 Å². The van der Waals surface area contributed by atoms with Gasteiger partial charge in [-0.2, -0.15) is 0 Å². The molecule has 0 radical (unpaired) electrons. The quantitative estimate of drug-likeness (QED) is 0.783. The second-order valence-electron chi connectivity index (χ2n) is 5.59. The summed E-state index contributed by atoms with van der Waals surface area (Å²) in [7, 11) is 1.40. The molecule has 0 saturated heterocycles. The standard InChI is InChI=1S/C16H17FO2S/c1-16(2,3)14-8-7-13(20-14)15(18)10-5-6-12(19-4)11(17)9-10/h5-9H,1-4H3. The number of halogens is 1. The van der Waals surface area contributed by atoms with Gasteiger partial charge in [-0.1, -0.05) is 20.8 Å². The molecule has 2 aromatic rings. The number of methoxy groups -OCH3 is 1. The Bertz CT molecular complexity index is 638. The summed E-state index contributed by atoms with van der Waals surface area (Å²) in [5, 5.41) is 0. The minimum atomic E-state index is -0.522. The molecular weight excluding hydrogens is 275 g/mol. The van der Waals surface area contributed by atoms with Gasteiger partial charge in [0.05, 0.1) is 12.0 Å². The van der Waals surface area contributed by atoms with E-state index in [0.717, 1.165) is 4.88 Å². The minimum Gasteiger partial charge on any atom is -0.494 e. The van der Waals surface area contributed by atoms with Crippen molar-refractivity contribution in [3.05, 3.63) is 51.5 Å². The van der Waals surface area contributed by atoms with Crippen LogP contribution in [0, 0.1) is 5.82 Å². The predicted molar refractivity (Wildman–Crippen MR) is 79.4 cm³/mol. The van der Waals surface area contributed by atoms with Gasteiger partial charge < -0.3 is 4.74 Å². The molecule has 1 aromatic heterocycles. The maximum absolute atomic E-state index is 13.6. The Labute approximate surface area is 122 Å². The number of ether oxygens (including phenoxy) is 1. The number of rotatable bonds is 3. The molecule has 2 nitrogen and oxygen atoms in total. The number of benzene rings is 1. The van der Waals surface area contributed by atoms with Crippen molar-refractivity contribution in [1.29, 1.82) is 0 Å². The van der Waals surface area contributed by atoms with Gasteiger partial charge in [-0.15, -0.1) is 11.3 Å². The van der Waals surface area contributed by atoms with Crippen molar-refractivity contribution in [3.63, 3.8) is 0 Å². The summed E-state index contributed by atoms with van der Waals surface area (Å²) >= 11 is 1.46. The SMILES string of the molecule is COc1ccc(C(=O)c2ccc(C(C)(C)C)s2)cc1F. The van der Waals surface area contributed by atoms with E-state index in [4.69, 9.17) is 4.74 Å². The lowest BCUT2D eigenvalue weighted by atomic mass is 9.95. The van der Waals surface area contributed by atoms with E-state index in [9.17, 15) is 9.18 Å². The average Bonchev–Trinajstić information content (AvgIpc) is 2.87. The number of carbonyl (C=O) groups is 1. The highest BCUT2D eigenvalue weighted by Gasteiger charge is 2.20. The molecular formula is C16H17FO2S. The summed E-state index contributed by atoms with van der Waals surface area (Å²) in [6.45, 7) is 6.29. The first-order valence-electron chi connectivity index (χ1n) is 6.31. The number of hydrogen-bond donors (Lipinski definition) is 0. The normalized spacial score (nSPS) is 11.4. The van der Waals surface area contributed by atoms with Crippen molar-refractivity contribution in [2.24, 2.45) is 0 Å². The van der Waals surface area contributed by atoms with E-state index in [1.54, 1.807) is 12.1 Å². The molecule has 0 saturated carbocycles. The third-order valence-electron chi connectivity index (χ3n) is 2.98. The summed E-state index contributed by atoms with van der Waals surface area (Å²) in [5.41, 5.74) is 0.347. The van der Waals surface area contributed by atoms with Crippen LogP contribution in [0.25, 0.3) is 0 Å². The van der Waals surface area contributed by atoms with Gasteiger partial charge in [-0.3, -0.25) is 4.79 Å². The number of thiophene rings is 1. The minimum absolute atomic E-state index is 0.00829. The Hall–Kier alpha value is -1.68. The molecule has 20 heavy (non-hydrogen) atoms. The van der Waals surface area contributed by atoms with Crippen LogP contribution in [0.1, 0.15) is 40.9 Å². The van der Waals surface area contributed by atoms with Crippen molar-refractivity contribution < 1.29 is 13.9 Å². The molecule has 0 spiro atoms. The van der Waals surface area contributed by atoms with E-state index >= 15 is 0 Å². The maximum Gasteiger partial charge on any atom is 0.203 e. The van der Waals surface area contributed by atoms with Crippen molar-refractivity contribution in [1.82, 2.24) is 0 Å². The highest BCUT2D eigenvalue weighted by Crippen LogP contribution is 2.31. The van der Waals surface area contributed by atoms with Gasteiger partial charge in [0, 0.05) is 10.4 Å². The van der Waals surface area contributed by atoms with Gasteiger partial charge in [0.15, 0.2) is 11.6 Å². The summed E-state index contributed by atoms with van der Waals surface area (Å²) in [6.07, 6.45) is 0. The second kappa shape index (κ2) is 5.37. The van der Waals surface area contributed by atoms with E-state index in [-0.39, 0.29) is 16.9 Å². The van der Waals surface area contributed by atoms with Crippen LogP contribution in [0.2, 0.25) is 0 Å². The fraction of sp³-hybridized carbons (Fsp3) is 0.312. The Morgan fingerprint density at radius 1 is 1.20 bits per heavy atom. The molecule has 0 aliphatic rings. The van der Waals surface area contributed by atoms with E-state index in [1.165, 1.54) is 30.6 Å². The Balaban J connectivity index is 2.32. The van der Waals surface area contributed by atoms with E-state index in [1.807, 2.05) is 6.07 Å². The molecule has 0 aliphatic heterocycles. The Morgan fingerprint density at radius 3 is 2.40 bits per heavy atom. The highest BCUT2D eigenvalue weighted by molar-refractivity contribution is 7.14. The van der Waals surface area contributed by atoms with Crippen molar-refractivity contribution in [2.45, 2.75) is 26.2 Å². The molecule has 0 amide bonds. The fourth-order valence-electron chi connectivity index (χ4n) is 1.81. The van der Waals surface area contributed by atoms with Gasteiger partial charge in [0.2, 0.25) is 5.78 Å². The van der Waals surface area contributed by atoms with Crippen LogP contribution in [0.5, 0.6) is 5.75 Å². The second-order valence-corrected chi connectivity index (χ2v) is 6.68. The molecule has 0 atom stereocenters. The Morgan fingerprint density at radius 2 is 1.90 bits per heavy atom. The molecule has 2 rings (SSSR count). The largest absolute Gasteiger partial charge is 0.494 e. The molecule has 106 valence electrons. The van der Waals surface area contributed by atoms with Crippen LogP contribution < -0.4 is 4.74 Å². The highest BCUT2D eigenvalue weighted by atomic mass is 32.1. The van der Waals surface area contributed by atoms with Crippen molar-refractivity contribution in [2.75, 3.05) is 7.11 Å². The third kappa shape index (κ3) is 2.90. The Kier molecular flexibility index (Phi) is 3.95. The molecule has 0 N–H and O–H groups in total. The lowest BCUT2D eigenvalue weighted by Gasteiger charge is -2.15. The van der Waals surface area contributed by atoms with Crippen molar-refractivity contribution >= 4 is 17.1 Å². The van der Waals surface area contributed by atoms with Gasteiger partial charge in [0.1, 0.15) is 0 Å². The topological polar surface area (TPSA) is 26.3 Å². The van der Waals surface area contributed by atoms with E-state index in [0.29, 0.717) is 10.4 Å². The first-order chi connectivity index (χ1) is 9.32. The van der Waals surface area contributed by atoms with Crippen LogP contribution in [0.15, 0.2) is 30.3 Å². The number of ketones is 1. The zero-order valence-electron chi connectivity index (χ0n) is 12.0. The zero-order chi connectivity index (χ0) is 14.9. The lowest BCUT2D eigenvalue weighted by Crippen LogP contribution is -2.08. The van der Waals surface area contributed by atoms with Crippen LogP contribution in [-0.4, -0.2) is 12.9 Å². The summed E-state index contributed by atoms with van der Waals surface area (Å²) in [4.78, 5) is 14.1. The maximum atomic E-state index is 13.6. The molecule has 0 aliphatic carbocycles. The van der Waals surface area contributed by atoms with E-state index in [2.05, 4.69) is 20.8 Å². The molecule has 0 fully saturated rings. The van der Waals surface area contributed by atoms with Gasteiger partial charge in [-0.05, 0) is 35.7 Å². The number of hydrogen-bond acceptors (Lipinski definition) is 3. The molecule has 1 aromatic carbocycles. The molecule has 4 heteroatoms. The molecule has 0 unspecified atom stereocenters. The first-order valence-corrected chi connectivity index (χ1v) is 7.13. The lowest BCUT2D eigenvalue weighted by molar-refractivity contribution is 0.104. The summed E-state index contributed by atoms with van der Waals surface area (Å²) in [6, 6.07) is 8.03. The third-order valence-corrected chi connectivity index (χ3v) is 4.49. The first kappa shape index (κ1) is 14.7. The molecule has 1 heterocycles. The van der Waals surface area contributed by atoms with Crippen LogP contribution in [-0.2, 0) is 5.41 Å². The average molecular weight is 292 g/mol. The summed E-state index contributed by atoms with van der Waals surface area (Å²) < 4.78 is 18.5. The monoisotopic (exact) mass is 292 g/mol.